The predicted octanol–water partition coefficient (Wildman–Crippen LogP) is 2.30. The van der Waals surface area contributed by atoms with E-state index in [0.29, 0.717) is 11.3 Å². The van der Waals surface area contributed by atoms with E-state index in [0.717, 1.165) is 11.1 Å². The summed E-state index contributed by atoms with van der Waals surface area (Å²) in [5, 5.41) is 0. The third-order valence-electron chi connectivity index (χ3n) is 2.27. The molecule has 0 aliphatic heterocycles. The molecule has 86 valence electrons. The van der Waals surface area contributed by atoms with Gasteiger partial charge in [-0.15, -0.1) is 11.6 Å². The van der Waals surface area contributed by atoms with Gasteiger partial charge in [-0.25, -0.2) is 0 Å². The third kappa shape index (κ3) is 2.42. The van der Waals surface area contributed by atoms with E-state index >= 15 is 0 Å². The number of methoxy groups -OCH3 is 1. The van der Waals surface area contributed by atoms with Crippen molar-refractivity contribution in [2.45, 2.75) is 13.8 Å². The van der Waals surface area contributed by atoms with Crippen LogP contribution in [0.5, 0.6) is 5.75 Å². The molecule has 1 aromatic rings. The van der Waals surface area contributed by atoms with Crippen LogP contribution in [0.3, 0.4) is 0 Å². The SMILES string of the molecule is COc1cc(C)cc(C)c1C(=O)C(=O)CCl. The average Bonchev–Trinajstić information content (AvgIpc) is 2.26. The van der Waals surface area contributed by atoms with Gasteiger partial charge in [-0.3, -0.25) is 9.59 Å². The monoisotopic (exact) mass is 240 g/mol. The van der Waals surface area contributed by atoms with Crippen molar-refractivity contribution in [1.82, 2.24) is 0 Å². The maximum atomic E-state index is 11.8. The second-order valence-corrected chi connectivity index (χ2v) is 3.81. The van der Waals surface area contributed by atoms with Crippen molar-refractivity contribution >= 4 is 23.2 Å². The Labute approximate surface area is 99.4 Å². The van der Waals surface area contributed by atoms with Crippen molar-refractivity contribution in [1.29, 1.82) is 0 Å². The highest BCUT2D eigenvalue weighted by molar-refractivity contribution is 6.52. The second kappa shape index (κ2) is 5.12. The molecule has 3 nitrogen and oxygen atoms in total. The van der Waals surface area contributed by atoms with E-state index in [4.69, 9.17) is 16.3 Å². The Bertz CT molecular complexity index is 438. The van der Waals surface area contributed by atoms with E-state index < -0.39 is 11.6 Å². The molecule has 0 atom stereocenters. The molecule has 0 aliphatic rings. The highest BCUT2D eigenvalue weighted by Gasteiger charge is 2.21. The number of alkyl halides is 1. The van der Waals surface area contributed by atoms with Crippen LogP contribution >= 0.6 is 11.6 Å². The molecule has 4 heteroatoms. The first-order valence-electron chi connectivity index (χ1n) is 4.80. The molecule has 0 aliphatic carbocycles. The van der Waals surface area contributed by atoms with Gasteiger partial charge in [0, 0.05) is 0 Å². The van der Waals surface area contributed by atoms with Crippen molar-refractivity contribution in [2.75, 3.05) is 13.0 Å². The van der Waals surface area contributed by atoms with E-state index in [1.165, 1.54) is 7.11 Å². The summed E-state index contributed by atoms with van der Waals surface area (Å²) in [6, 6.07) is 3.55. The van der Waals surface area contributed by atoms with Crippen LogP contribution in [-0.2, 0) is 4.79 Å². The topological polar surface area (TPSA) is 43.4 Å². The molecular weight excluding hydrogens is 228 g/mol. The number of ketones is 2. The fraction of sp³-hybridized carbons (Fsp3) is 0.333. The van der Waals surface area contributed by atoms with E-state index in [9.17, 15) is 9.59 Å². The normalized spacial score (nSPS) is 10.0. The average molecular weight is 241 g/mol. The minimum absolute atomic E-state index is 0.304. The fourth-order valence-corrected chi connectivity index (χ4v) is 1.70. The zero-order valence-electron chi connectivity index (χ0n) is 9.46. The van der Waals surface area contributed by atoms with Gasteiger partial charge < -0.3 is 4.74 Å². The Hall–Kier alpha value is -1.35. The molecule has 0 saturated heterocycles. The van der Waals surface area contributed by atoms with Crippen molar-refractivity contribution in [3.8, 4) is 5.75 Å². The van der Waals surface area contributed by atoms with Gasteiger partial charge in [0.05, 0.1) is 18.6 Å². The minimum atomic E-state index is -0.619. The largest absolute Gasteiger partial charge is 0.496 e. The quantitative estimate of drug-likeness (QED) is 0.461. The molecule has 0 fully saturated rings. The second-order valence-electron chi connectivity index (χ2n) is 3.55. The van der Waals surface area contributed by atoms with Crippen LogP contribution in [0.2, 0.25) is 0 Å². The van der Waals surface area contributed by atoms with Gasteiger partial charge >= 0.3 is 0 Å². The number of carbonyl (C=O) groups is 2. The van der Waals surface area contributed by atoms with Gasteiger partial charge in [-0.05, 0) is 31.0 Å². The van der Waals surface area contributed by atoms with Crippen LogP contribution in [0.4, 0.5) is 0 Å². The predicted molar refractivity (Wildman–Crippen MR) is 62.5 cm³/mol. The summed E-state index contributed by atoms with van der Waals surface area (Å²) < 4.78 is 5.11. The summed E-state index contributed by atoms with van der Waals surface area (Å²) in [5.74, 6) is -1.10. The van der Waals surface area contributed by atoms with E-state index in [1.54, 1.807) is 13.0 Å². The lowest BCUT2D eigenvalue weighted by Gasteiger charge is -2.10. The Morgan fingerprint density at radius 1 is 1.31 bits per heavy atom. The Kier molecular flexibility index (Phi) is 4.07. The first-order chi connectivity index (χ1) is 7.51. The lowest BCUT2D eigenvalue weighted by molar-refractivity contribution is -0.112. The van der Waals surface area contributed by atoms with Crippen molar-refractivity contribution in [3.05, 3.63) is 28.8 Å². The van der Waals surface area contributed by atoms with E-state index in [-0.39, 0.29) is 5.88 Å². The van der Waals surface area contributed by atoms with Crippen molar-refractivity contribution in [2.24, 2.45) is 0 Å². The summed E-state index contributed by atoms with van der Waals surface area (Å²) in [5.41, 5.74) is 2.00. The fourth-order valence-electron chi connectivity index (χ4n) is 1.58. The van der Waals surface area contributed by atoms with Gasteiger partial charge in [0.1, 0.15) is 5.75 Å². The molecule has 0 unspecified atom stereocenters. The number of ether oxygens (including phenoxy) is 1. The van der Waals surface area contributed by atoms with Crippen LogP contribution in [0.15, 0.2) is 12.1 Å². The zero-order chi connectivity index (χ0) is 12.3. The van der Waals surface area contributed by atoms with Crippen LogP contribution in [-0.4, -0.2) is 24.6 Å². The van der Waals surface area contributed by atoms with Crippen LogP contribution in [0, 0.1) is 13.8 Å². The van der Waals surface area contributed by atoms with Crippen molar-refractivity contribution in [3.63, 3.8) is 0 Å². The Morgan fingerprint density at radius 2 is 1.94 bits per heavy atom. The number of aryl methyl sites for hydroxylation is 2. The molecule has 1 rings (SSSR count). The number of hydrogen-bond acceptors (Lipinski definition) is 3. The van der Waals surface area contributed by atoms with E-state index in [2.05, 4.69) is 0 Å². The highest BCUT2D eigenvalue weighted by Crippen LogP contribution is 2.24. The molecule has 0 amide bonds. The first-order valence-corrected chi connectivity index (χ1v) is 5.33. The maximum absolute atomic E-state index is 11.8. The summed E-state index contributed by atoms with van der Waals surface area (Å²) >= 11 is 5.36. The molecule has 0 N–H and O–H groups in total. The van der Waals surface area contributed by atoms with Crippen molar-refractivity contribution < 1.29 is 14.3 Å². The van der Waals surface area contributed by atoms with E-state index in [1.807, 2.05) is 13.0 Å². The number of halogens is 1. The van der Waals surface area contributed by atoms with Gasteiger partial charge in [-0.1, -0.05) is 6.07 Å². The molecular formula is C12H13ClO3. The summed E-state index contributed by atoms with van der Waals surface area (Å²) in [7, 11) is 1.47. The van der Waals surface area contributed by atoms with Crippen LogP contribution in [0.25, 0.3) is 0 Å². The van der Waals surface area contributed by atoms with Crippen LogP contribution in [0.1, 0.15) is 21.5 Å². The molecule has 0 aromatic heterocycles. The van der Waals surface area contributed by atoms with Gasteiger partial charge in [-0.2, -0.15) is 0 Å². The minimum Gasteiger partial charge on any atom is -0.496 e. The molecule has 1 aromatic carbocycles. The molecule has 0 heterocycles. The first kappa shape index (κ1) is 12.7. The molecule has 16 heavy (non-hydrogen) atoms. The van der Waals surface area contributed by atoms with Gasteiger partial charge in [0.25, 0.3) is 0 Å². The number of Topliss-reactive ketones (excluding diaryl/α,β-unsaturated/α-hetero) is 2. The smallest absolute Gasteiger partial charge is 0.233 e. The number of rotatable bonds is 4. The third-order valence-corrected chi connectivity index (χ3v) is 2.51. The van der Waals surface area contributed by atoms with Gasteiger partial charge in [0.15, 0.2) is 0 Å². The number of hydrogen-bond donors (Lipinski definition) is 0. The number of carbonyl (C=O) groups excluding carboxylic acids is 2. The number of benzene rings is 1. The molecule has 0 spiro atoms. The zero-order valence-corrected chi connectivity index (χ0v) is 10.2. The maximum Gasteiger partial charge on any atom is 0.233 e. The Morgan fingerprint density at radius 3 is 2.44 bits per heavy atom. The summed E-state index contributed by atoms with van der Waals surface area (Å²) in [6.45, 7) is 3.66. The highest BCUT2D eigenvalue weighted by atomic mass is 35.5. The van der Waals surface area contributed by atoms with Crippen LogP contribution < -0.4 is 4.74 Å². The molecule has 0 radical (unpaired) electrons. The molecule has 0 saturated carbocycles. The standard InChI is InChI=1S/C12H13ClO3/c1-7-4-8(2)11(10(5-7)16-3)12(15)9(14)6-13/h4-5H,6H2,1-3H3. The molecule has 0 bridgehead atoms. The summed E-state index contributed by atoms with van der Waals surface area (Å²) in [6.07, 6.45) is 0. The lowest BCUT2D eigenvalue weighted by atomic mass is 9.99. The summed E-state index contributed by atoms with van der Waals surface area (Å²) in [4.78, 5) is 23.1. The Balaban J connectivity index is 3.32. The lowest BCUT2D eigenvalue weighted by Crippen LogP contribution is -2.17. The van der Waals surface area contributed by atoms with Gasteiger partial charge in [0.2, 0.25) is 11.6 Å².